The maximum atomic E-state index is 14.2. The fourth-order valence-electron chi connectivity index (χ4n) is 7.62. The van der Waals surface area contributed by atoms with Gasteiger partial charge in [-0.15, -0.1) is 0 Å². The molecular formula is C48H46ClFN6O7. The molecule has 1 saturated heterocycles. The van der Waals surface area contributed by atoms with Crippen molar-refractivity contribution in [3.8, 4) is 57.0 Å². The maximum Gasteiger partial charge on any atom is 0.345 e. The number of piperazine rings is 1. The first kappa shape index (κ1) is 43.1. The van der Waals surface area contributed by atoms with Gasteiger partial charge in [0, 0.05) is 56.5 Å². The van der Waals surface area contributed by atoms with Crippen LogP contribution in [0.5, 0.6) is 23.1 Å². The van der Waals surface area contributed by atoms with Crippen molar-refractivity contribution in [1.82, 2.24) is 29.7 Å². The average molecular weight is 873 g/mol. The van der Waals surface area contributed by atoms with E-state index in [4.69, 9.17) is 39.9 Å². The molecule has 0 unspecified atom stereocenters. The molecule has 4 heterocycles. The number of carboxylic acids is 1. The highest BCUT2D eigenvalue weighted by Gasteiger charge is 2.30. The number of ether oxygens (including phenoxy) is 4. The molecule has 4 aromatic carbocycles. The number of benzene rings is 4. The largest absolute Gasteiger partial charge is 0.496 e. The van der Waals surface area contributed by atoms with Gasteiger partial charge in [0.25, 0.3) is 0 Å². The van der Waals surface area contributed by atoms with Crippen molar-refractivity contribution < 1.29 is 37.7 Å². The molecule has 1 fully saturated rings. The monoisotopic (exact) mass is 872 g/mol. The number of methoxy groups -OCH3 is 1. The molecule has 0 radical (unpaired) electrons. The average Bonchev–Trinajstić information content (AvgIpc) is 3.70. The lowest BCUT2D eigenvalue weighted by molar-refractivity contribution is -0.145. The minimum atomic E-state index is -1.42. The molecule has 63 heavy (non-hydrogen) atoms. The van der Waals surface area contributed by atoms with Crippen molar-refractivity contribution in [3.63, 3.8) is 0 Å². The highest BCUT2D eigenvalue weighted by Crippen LogP contribution is 2.47. The maximum absolute atomic E-state index is 14.2. The van der Waals surface area contributed by atoms with Gasteiger partial charge in [-0.05, 0) is 84.8 Å². The van der Waals surface area contributed by atoms with Crippen LogP contribution >= 0.6 is 11.6 Å². The standard InChI is InChI=1S/C48H46ClFN6O7/c1-4-34-35(17-18-39(43(34)49)60-26-25-56-23-21-55(2)22-24-56)41-42-46(52-29-53-47(42)63-44(41)30-13-15-32(50)16-14-30)62-40(48(57)58)27-31-9-5-7-11-37(31)61-28-33-19-20-51-45(54-33)36-10-6-8-12-38(36)59-3/h5-20,29,40H,4,21-28H2,1-3H3,(H,57,58)/t40-/m1/s1. The van der Waals surface area contributed by atoms with Gasteiger partial charge in [-0.25, -0.2) is 29.1 Å². The number of rotatable bonds is 17. The van der Waals surface area contributed by atoms with Crippen LogP contribution in [-0.2, 0) is 24.2 Å². The van der Waals surface area contributed by atoms with Crippen molar-refractivity contribution in [2.75, 3.05) is 53.5 Å². The first-order chi connectivity index (χ1) is 30.7. The van der Waals surface area contributed by atoms with E-state index in [2.05, 4.69) is 31.8 Å². The van der Waals surface area contributed by atoms with E-state index in [1.54, 1.807) is 55.8 Å². The Bertz CT molecular complexity index is 2710. The van der Waals surface area contributed by atoms with Crippen LogP contribution in [0.3, 0.4) is 0 Å². The van der Waals surface area contributed by atoms with E-state index in [1.807, 2.05) is 43.3 Å². The van der Waals surface area contributed by atoms with Gasteiger partial charge in [-0.1, -0.05) is 54.9 Å². The summed E-state index contributed by atoms with van der Waals surface area (Å²) < 4.78 is 45.0. The second-order valence-electron chi connectivity index (χ2n) is 15.0. The zero-order chi connectivity index (χ0) is 43.9. The molecule has 8 rings (SSSR count). The lowest BCUT2D eigenvalue weighted by Gasteiger charge is -2.32. The highest BCUT2D eigenvalue weighted by atomic mass is 35.5. The summed E-state index contributed by atoms with van der Waals surface area (Å²) in [6.45, 7) is 7.25. The van der Waals surface area contributed by atoms with Gasteiger partial charge in [-0.3, -0.25) is 4.90 Å². The van der Waals surface area contributed by atoms with Gasteiger partial charge in [0.15, 0.2) is 5.82 Å². The molecule has 0 spiro atoms. The van der Waals surface area contributed by atoms with Crippen LogP contribution in [0, 0.1) is 5.82 Å². The van der Waals surface area contributed by atoms with Crippen molar-refractivity contribution >= 4 is 28.7 Å². The quantitative estimate of drug-likeness (QED) is 0.0933. The molecule has 1 aliphatic rings. The molecule has 0 bridgehead atoms. The predicted octanol–water partition coefficient (Wildman–Crippen LogP) is 8.66. The summed E-state index contributed by atoms with van der Waals surface area (Å²) in [6, 6.07) is 26.0. The number of aliphatic carboxylic acids is 1. The molecule has 1 atom stereocenters. The summed E-state index contributed by atoms with van der Waals surface area (Å²) in [5, 5.41) is 11.4. The van der Waals surface area contributed by atoms with Crippen LogP contribution in [0.1, 0.15) is 23.7 Å². The Balaban J connectivity index is 1.10. The van der Waals surface area contributed by atoms with Crippen molar-refractivity contribution in [1.29, 1.82) is 0 Å². The van der Waals surface area contributed by atoms with Gasteiger partial charge < -0.3 is 33.4 Å². The topological polar surface area (TPSA) is 145 Å². The summed E-state index contributed by atoms with van der Waals surface area (Å²) >= 11 is 7.14. The predicted molar refractivity (Wildman–Crippen MR) is 237 cm³/mol. The number of fused-ring (bicyclic) bond motifs is 1. The minimum absolute atomic E-state index is 0.0200. The van der Waals surface area contributed by atoms with Gasteiger partial charge in [0.05, 0.1) is 23.4 Å². The number of hydrogen-bond acceptors (Lipinski definition) is 12. The van der Waals surface area contributed by atoms with Crippen molar-refractivity contribution in [2.24, 2.45) is 0 Å². The van der Waals surface area contributed by atoms with E-state index in [9.17, 15) is 14.3 Å². The number of hydrogen-bond donors (Lipinski definition) is 1. The fourth-order valence-corrected chi connectivity index (χ4v) is 7.97. The van der Waals surface area contributed by atoms with Crippen molar-refractivity contribution in [3.05, 3.63) is 131 Å². The molecule has 13 nitrogen and oxygen atoms in total. The first-order valence-corrected chi connectivity index (χ1v) is 21.0. The zero-order valence-corrected chi connectivity index (χ0v) is 35.8. The molecule has 1 N–H and O–H groups in total. The molecule has 0 saturated carbocycles. The Morgan fingerprint density at radius 1 is 0.889 bits per heavy atom. The zero-order valence-electron chi connectivity index (χ0n) is 35.1. The van der Waals surface area contributed by atoms with E-state index in [0.29, 0.717) is 80.2 Å². The Morgan fingerprint density at radius 2 is 1.65 bits per heavy atom. The lowest BCUT2D eigenvalue weighted by Crippen LogP contribution is -2.45. The lowest BCUT2D eigenvalue weighted by atomic mass is 9.93. The summed E-state index contributed by atoms with van der Waals surface area (Å²) in [4.78, 5) is 35.7. The van der Waals surface area contributed by atoms with Gasteiger partial charge in [0.1, 0.15) is 53.8 Å². The molecule has 0 aliphatic carbocycles. The number of halogens is 2. The summed E-state index contributed by atoms with van der Waals surface area (Å²) in [7, 11) is 3.71. The Kier molecular flexibility index (Phi) is 13.4. The third kappa shape index (κ3) is 9.73. The summed E-state index contributed by atoms with van der Waals surface area (Å²) in [5.74, 6) is 0.801. The van der Waals surface area contributed by atoms with E-state index >= 15 is 0 Å². The molecule has 324 valence electrons. The smallest absolute Gasteiger partial charge is 0.345 e. The molecular weight excluding hydrogens is 827 g/mol. The molecule has 0 amide bonds. The van der Waals surface area contributed by atoms with E-state index in [0.717, 1.165) is 43.9 Å². The number of aromatic nitrogens is 4. The summed E-state index contributed by atoms with van der Waals surface area (Å²) in [5.41, 5.74) is 4.57. The van der Waals surface area contributed by atoms with Gasteiger partial charge >= 0.3 is 5.97 Å². The normalized spacial score (nSPS) is 13.8. The van der Waals surface area contributed by atoms with Crippen LogP contribution in [0.4, 0.5) is 4.39 Å². The first-order valence-electron chi connectivity index (χ1n) is 20.6. The highest BCUT2D eigenvalue weighted by molar-refractivity contribution is 6.33. The third-order valence-corrected chi connectivity index (χ3v) is 11.4. The number of nitrogens with zero attached hydrogens (tertiary/aromatic N) is 6. The molecule has 1 aliphatic heterocycles. The number of likely N-dealkylation sites (N-methyl/N-ethyl adjacent to an activating group) is 1. The molecule has 3 aromatic heterocycles. The SMILES string of the molecule is CCc1c(-c2c(-c3ccc(F)cc3)oc3ncnc(O[C@H](Cc4ccccc4OCc4ccnc(-c5ccccc5OC)n4)C(=O)O)c23)ccc(OCCN2CCN(C)CC2)c1Cl. The van der Waals surface area contributed by atoms with E-state index in [1.165, 1.54) is 18.5 Å². The van der Waals surface area contributed by atoms with Crippen LogP contribution in [-0.4, -0.2) is 100 Å². The van der Waals surface area contributed by atoms with E-state index in [-0.39, 0.29) is 24.6 Å². The number of carboxylic acid groups (broad SMARTS) is 1. The fraction of sp³-hybridized carbons (Fsp3) is 0.271. The Morgan fingerprint density at radius 3 is 2.41 bits per heavy atom. The van der Waals surface area contributed by atoms with Gasteiger partial charge in [-0.2, -0.15) is 0 Å². The van der Waals surface area contributed by atoms with E-state index < -0.39 is 17.9 Å². The number of carbonyl (C=O) groups is 1. The van der Waals surface area contributed by atoms with Gasteiger partial charge in [0.2, 0.25) is 17.7 Å². The molecule has 7 aromatic rings. The minimum Gasteiger partial charge on any atom is -0.496 e. The van der Waals surface area contributed by atoms with Crippen LogP contribution in [0.2, 0.25) is 5.02 Å². The molecule has 15 heteroatoms. The van der Waals surface area contributed by atoms with Crippen LogP contribution in [0.15, 0.2) is 108 Å². The van der Waals surface area contributed by atoms with Crippen LogP contribution in [0.25, 0.3) is 44.9 Å². The van der Waals surface area contributed by atoms with Crippen LogP contribution < -0.4 is 18.9 Å². The summed E-state index contributed by atoms with van der Waals surface area (Å²) in [6.07, 6.45) is 1.90. The Hall–Kier alpha value is -6.61. The number of furan rings is 1. The Labute approximate surface area is 369 Å². The number of para-hydroxylation sites is 2. The second-order valence-corrected chi connectivity index (χ2v) is 15.4. The third-order valence-electron chi connectivity index (χ3n) is 11.0. The second kappa shape index (κ2) is 19.6. The van der Waals surface area contributed by atoms with Crippen molar-refractivity contribution in [2.45, 2.75) is 32.5 Å².